The molecule has 5 heteroatoms. The van der Waals surface area contributed by atoms with E-state index in [1.54, 1.807) is 0 Å². The van der Waals surface area contributed by atoms with Crippen molar-refractivity contribution >= 4 is 34.6 Å². The largest absolute Gasteiger partial charge is 0.325 e. The smallest absolute Gasteiger partial charge is 0.244 e. The van der Waals surface area contributed by atoms with Crippen LogP contribution in [0.1, 0.15) is 37.3 Å². The van der Waals surface area contributed by atoms with Crippen LogP contribution in [-0.4, -0.2) is 24.1 Å². The monoisotopic (exact) mass is 411 g/mol. The molecule has 0 aliphatic carbocycles. The second-order valence-corrected chi connectivity index (χ2v) is 7.90. The molecule has 4 rings (SSSR count). The number of carbonyl (C=O) groups excluding carboxylic acids is 2. The highest BCUT2D eigenvalue weighted by atomic mass is 16.2. The zero-order valence-electron chi connectivity index (χ0n) is 17.7. The number of benzene rings is 3. The van der Waals surface area contributed by atoms with Gasteiger partial charge in [-0.05, 0) is 41.3 Å². The van der Waals surface area contributed by atoms with E-state index in [1.165, 1.54) is 4.90 Å². The fourth-order valence-electron chi connectivity index (χ4n) is 3.64. The van der Waals surface area contributed by atoms with Gasteiger partial charge in [-0.15, -0.1) is 0 Å². The molecule has 0 unspecified atom stereocenters. The molecule has 0 bridgehead atoms. The lowest BCUT2D eigenvalue weighted by atomic mass is 10.0. The molecule has 1 aliphatic heterocycles. The van der Waals surface area contributed by atoms with Crippen molar-refractivity contribution in [3.63, 3.8) is 0 Å². The minimum Gasteiger partial charge on any atom is -0.325 e. The van der Waals surface area contributed by atoms with Gasteiger partial charge in [0.1, 0.15) is 6.54 Å². The van der Waals surface area contributed by atoms with Crippen LogP contribution < -0.4 is 10.2 Å². The van der Waals surface area contributed by atoms with E-state index in [0.717, 1.165) is 16.8 Å². The molecule has 2 amide bonds. The zero-order valence-corrected chi connectivity index (χ0v) is 17.7. The molecule has 0 saturated carbocycles. The molecule has 0 fully saturated rings. The SMILES string of the molecule is CC(C)c1cccc(NC(=O)CN2C(=O)CC(c3ccccc3)=Nc3ccccc32)c1. The standard InChI is InChI=1S/C26H25N3O2/c1-18(2)20-11-8-12-21(15-20)27-25(30)17-29-24-14-7-6-13-22(24)28-23(16-26(29)31)19-9-4-3-5-10-19/h3-15,18H,16-17H2,1-2H3,(H,27,30). The van der Waals surface area contributed by atoms with Crippen LogP contribution in [0.5, 0.6) is 0 Å². The molecule has 1 heterocycles. The predicted octanol–water partition coefficient (Wildman–Crippen LogP) is 5.31. The minimum absolute atomic E-state index is 0.0701. The second kappa shape index (κ2) is 8.96. The van der Waals surface area contributed by atoms with Gasteiger partial charge in [0.05, 0.1) is 23.5 Å². The van der Waals surface area contributed by atoms with Crippen LogP contribution in [0.4, 0.5) is 17.1 Å². The molecule has 0 radical (unpaired) electrons. The number of nitrogens with zero attached hydrogens (tertiary/aromatic N) is 2. The number of hydrogen-bond acceptors (Lipinski definition) is 3. The van der Waals surface area contributed by atoms with Crippen molar-refractivity contribution in [3.05, 3.63) is 90.0 Å². The third-order valence-corrected chi connectivity index (χ3v) is 5.29. The lowest BCUT2D eigenvalue weighted by molar-refractivity contribution is -0.120. The summed E-state index contributed by atoms with van der Waals surface area (Å²) >= 11 is 0. The number of fused-ring (bicyclic) bond motifs is 1. The van der Waals surface area contributed by atoms with Crippen molar-refractivity contribution in [3.8, 4) is 0 Å². The van der Waals surface area contributed by atoms with Crippen molar-refractivity contribution < 1.29 is 9.59 Å². The first kappa shape index (κ1) is 20.5. The first-order chi connectivity index (χ1) is 15.0. The molecular formula is C26H25N3O2. The van der Waals surface area contributed by atoms with Crippen molar-refractivity contribution in [2.75, 3.05) is 16.8 Å². The Morgan fingerprint density at radius 1 is 1.00 bits per heavy atom. The van der Waals surface area contributed by atoms with E-state index in [0.29, 0.717) is 23.0 Å². The van der Waals surface area contributed by atoms with Gasteiger partial charge in [0, 0.05) is 5.69 Å². The number of aliphatic imine (C=N–C) groups is 1. The highest BCUT2D eigenvalue weighted by Gasteiger charge is 2.26. The van der Waals surface area contributed by atoms with Gasteiger partial charge in [0.15, 0.2) is 0 Å². The average Bonchev–Trinajstić information content (AvgIpc) is 2.91. The average molecular weight is 412 g/mol. The summed E-state index contributed by atoms with van der Waals surface area (Å²) in [5, 5.41) is 2.93. The molecule has 5 nitrogen and oxygen atoms in total. The Labute approximate surface area is 182 Å². The quantitative estimate of drug-likeness (QED) is 0.619. The van der Waals surface area contributed by atoms with Crippen LogP contribution in [0, 0.1) is 0 Å². The summed E-state index contributed by atoms with van der Waals surface area (Å²) in [5.41, 5.74) is 4.81. The maximum absolute atomic E-state index is 13.2. The lowest BCUT2D eigenvalue weighted by Gasteiger charge is -2.22. The van der Waals surface area contributed by atoms with Crippen molar-refractivity contribution in [1.29, 1.82) is 0 Å². The van der Waals surface area contributed by atoms with Gasteiger partial charge < -0.3 is 10.2 Å². The van der Waals surface area contributed by atoms with Gasteiger partial charge >= 0.3 is 0 Å². The number of nitrogens with one attached hydrogen (secondary N) is 1. The van der Waals surface area contributed by atoms with E-state index in [-0.39, 0.29) is 24.8 Å². The third-order valence-electron chi connectivity index (χ3n) is 5.29. The number of amides is 2. The van der Waals surface area contributed by atoms with Gasteiger partial charge in [-0.1, -0.05) is 68.4 Å². The Morgan fingerprint density at radius 3 is 2.52 bits per heavy atom. The summed E-state index contributed by atoms with van der Waals surface area (Å²) in [4.78, 5) is 32.3. The van der Waals surface area contributed by atoms with Gasteiger partial charge in [-0.3, -0.25) is 14.6 Å². The van der Waals surface area contributed by atoms with Gasteiger partial charge in [-0.25, -0.2) is 0 Å². The maximum atomic E-state index is 13.2. The normalized spacial score (nSPS) is 13.5. The van der Waals surface area contributed by atoms with Crippen LogP contribution in [0.2, 0.25) is 0 Å². The third kappa shape index (κ3) is 4.72. The van der Waals surface area contributed by atoms with E-state index in [1.807, 2.05) is 78.9 Å². The Kier molecular flexibility index (Phi) is 5.94. The Balaban J connectivity index is 1.58. The molecule has 156 valence electrons. The number of rotatable bonds is 5. The number of hydrogen-bond donors (Lipinski definition) is 1. The summed E-state index contributed by atoms with van der Waals surface area (Å²) in [7, 11) is 0. The molecule has 0 atom stereocenters. The fraction of sp³-hybridized carbons (Fsp3) is 0.192. The summed E-state index contributed by atoms with van der Waals surface area (Å²) in [5.74, 6) is -0.0321. The minimum atomic E-state index is -0.243. The van der Waals surface area contributed by atoms with E-state index in [4.69, 9.17) is 4.99 Å². The zero-order chi connectivity index (χ0) is 21.8. The van der Waals surface area contributed by atoms with Crippen molar-refractivity contribution in [1.82, 2.24) is 0 Å². The molecule has 0 aromatic heterocycles. The van der Waals surface area contributed by atoms with Crippen LogP contribution in [0.3, 0.4) is 0 Å². The second-order valence-electron chi connectivity index (χ2n) is 7.90. The van der Waals surface area contributed by atoms with E-state index in [2.05, 4.69) is 19.2 Å². The summed E-state index contributed by atoms with van der Waals surface area (Å²) in [6, 6.07) is 24.9. The number of anilines is 2. The molecule has 0 spiro atoms. The first-order valence-corrected chi connectivity index (χ1v) is 10.4. The van der Waals surface area contributed by atoms with Crippen LogP contribution in [0.25, 0.3) is 0 Å². The van der Waals surface area contributed by atoms with Gasteiger partial charge in [0.2, 0.25) is 11.8 Å². The molecule has 3 aromatic rings. The van der Waals surface area contributed by atoms with Crippen LogP contribution >= 0.6 is 0 Å². The Morgan fingerprint density at radius 2 is 1.74 bits per heavy atom. The Bertz CT molecular complexity index is 1140. The van der Waals surface area contributed by atoms with E-state index >= 15 is 0 Å². The summed E-state index contributed by atoms with van der Waals surface area (Å²) in [6.07, 6.45) is 0.134. The molecule has 0 saturated heterocycles. The van der Waals surface area contributed by atoms with Crippen molar-refractivity contribution in [2.24, 2.45) is 4.99 Å². The topological polar surface area (TPSA) is 61.8 Å². The van der Waals surface area contributed by atoms with Gasteiger partial charge in [0.25, 0.3) is 0 Å². The van der Waals surface area contributed by atoms with E-state index < -0.39 is 0 Å². The number of para-hydroxylation sites is 2. The Hall–Kier alpha value is -3.73. The predicted molar refractivity (Wildman–Crippen MR) is 125 cm³/mol. The van der Waals surface area contributed by atoms with Crippen LogP contribution in [0.15, 0.2) is 83.9 Å². The highest BCUT2D eigenvalue weighted by molar-refractivity contribution is 6.18. The van der Waals surface area contributed by atoms with E-state index in [9.17, 15) is 9.59 Å². The van der Waals surface area contributed by atoms with Crippen LogP contribution in [-0.2, 0) is 9.59 Å². The molecule has 3 aromatic carbocycles. The summed E-state index contributed by atoms with van der Waals surface area (Å²) < 4.78 is 0. The molecule has 31 heavy (non-hydrogen) atoms. The molecule has 1 N–H and O–H groups in total. The highest BCUT2D eigenvalue weighted by Crippen LogP contribution is 2.32. The molecule has 1 aliphatic rings. The molecular weight excluding hydrogens is 386 g/mol. The van der Waals surface area contributed by atoms with Gasteiger partial charge in [-0.2, -0.15) is 0 Å². The maximum Gasteiger partial charge on any atom is 0.244 e. The summed E-state index contributed by atoms with van der Waals surface area (Å²) in [6.45, 7) is 4.15. The number of carbonyl (C=O) groups is 2. The fourth-order valence-corrected chi connectivity index (χ4v) is 3.64. The van der Waals surface area contributed by atoms with Crippen molar-refractivity contribution in [2.45, 2.75) is 26.2 Å². The first-order valence-electron chi connectivity index (χ1n) is 10.4. The lowest BCUT2D eigenvalue weighted by Crippen LogP contribution is -2.38.